The number of hydrogen-bond acceptors (Lipinski definition) is 2. The Labute approximate surface area is 91.7 Å². The van der Waals surface area contributed by atoms with Gasteiger partial charge in [0.2, 0.25) is 5.88 Å². The second-order valence-electron chi connectivity index (χ2n) is 5.32. The van der Waals surface area contributed by atoms with E-state index in [0.717, 1.165) is 12.3 Å². The van der Waals surface area contributed by atoms with Gasteiger partial charge in [0.25, 0.3) is 0 Å². The second kappa shape index (κ2) is 3.51. The van der Waals surface area contributed by atoms with Gasteiger partial charge in [-0.1, -0.05) is 33.8 Å². The van der Waals surface area contributed by atoms with E-state index in [1.165, 1.54) is 5.56 Å². The van der Waals surface area contributed by atoms with Gasteiger partial charge in [-0.25, -0.2) is 4.98 Å². The fraction of sp³-hybridized carbons (Fsp3) is 0.615. The quantitative estimate of drug-likeness (QED) is 0.701. The second-order valence-corrected chi connectivity index (χ2v) is 5.32. The standard InChI is InChI=1S/C13H19NO/c1-5-9-10-7-6-8-14-12(10)15-11(9)13(2,3)4/h6-9,11H,5H2,1-4H3. The zero-order valence-corrected chi connectivity index (χ0v) is 9.95. The summed E-state index contributed by atoms with van der Waals surface area (Å²) in [4.78, 5) is 4.30. The van der Waals surface area contributed by atoms with Gasteiger partial charge >= 0.3 is 0 Å². The third-order valence-electron chi connectivity index (χ3n) is 3.10. The minimum absolute atomic E-state index is 0.168. The summed E-state index contributed by atoms with van der Waals surface area (Å²) in [5, 5.41) is 0. The Kier molecular flexibility index (Phi) is 2.45. The van der Waals surface area contributed by atoms with E-state index in [1.54, 1.807) is 6.20 Å². The molecule has 0 N–H and O–H groups in total. The number of rotatable bonds is 1. The van der Waals surface area contributed by atoms with E-state index in [2.05, 4.69) is 38.7 Å². The normalized spacial score (nSPS) is 24.8. The number of ether oxygens (including phenoxy) is 1. The maximum Gasteiger partial charge on any atom is 0.217 e. The molecule has 0 amide bonds. The Morgan fingerprint density at radius 3 is 2.73 bits per heavy atom. The molecule has 82 valence electrons. The van der Waals surface area contributed by atoms with Crippen LogP contribution in [-0.2, 0) is 0 Å². The molecular formula is C13H19NO. The van der Waals surface area contributed by atoms with Crippen molar-refractivity contribution in [2.75, 3.05) is 0 Å². The highest BCUT2D eigenvalue weighted by molar-refractivity contribution is 5.35. The molecule has 0 bridgehead atoms. The van der Waals surface area contributed by atoms with E-state index in [4.69, 9.17) is 4.74 Å². The van der Waals surface area contributed by atoms with E-state index < -0.39 is 0 Å². The lowest BCUT2D eigenvalue weighted by atomic mass is 9.79. The van der Waals surface area contributed by atoms with E-state index in [9.17, 15) is 0 Å². The molecule has 15 heavy (non-hydrogen) atoms. The molecule has 1 aliphatic rings. The first-order valence-corrected chi connectivity index (χ1v) is 5.65. The molecule has 2 nitrogen and oxygen atoms in total. The average molecular weight is 205 g/mol. The summed E-state index contributed by atoms with van der Waals surface area (Å²) in [6.45, 7) is 8.90. The van der Waals surface area contributed by atoms with Crippen LogP contribution >= 0.6 is 0 Å². The van der Waals surface area contributed by atoms with Gasteiger partial charge in [-0.15, -0.1) is 0 Å². The zero-order valence-electron chi connectivity index (χ0n) is 9.95. The SMILES string of the molecule is CCC1c2cccnc2OC1C(C)(C)C. The van der Waals surface area contributed by atoms with Gasteiger partial charge in [0.15, 0.2) is 0 Å². The van der Waals surface area contributed by atoms with Crippen LogP contribution in [0.5, 0.6) is 5.88 Å². The molecule has 0 aliphatic carbocycles. The van der Waals surface area contributed by atoms with Gasteiger partial charge in [0.1, 0.15) is 6.10 Å². The fourth-order valence-electron chi connectivity index (χ4n) is 2.36. The lowest BCUT2D eigenvalue weighted by Gasteiger charge is -2.30. The molecule has 2 heterocycles. The van der Waals surface area contributed by atoms with E-state index >= 15 is 0 Å². The van der Waals surface area contributed by atoms with Crippen molar-refractivity contribution in [1.29, 1.82) is 0 Å². The van der Waals surface area contributed by atoms with Crippen LogP contribution in [0.3, 0.4) is 0 Å². The summed E-state index contributed by atoms with van der Waals surface area (Å²) in [7, 11) is 0. The zero-order chi connectivity index (χ0) is 11.1. The third-order valence-corrected chi connectivity index (χ3v) is 3.10. The Morgan fingerprint density at radius 2 is 2.13 bits per heavy atom. The van der Waals surface area contributed by atoms with Crippen molar-refractivity contribution in [3.05, 3.63) is 23.9 Å². The largest absolute Gasteiger partial charge is 0.473 e. The molecule has 0 fully saturated rings. The molecule has 2 unspecified atom stereocenters. The maximum atomic E-state index is 5.96. The molecule has 0 spiro atoms. The van der Waals surface area contributed by atoms with Crippen LogP contribution < -0.4 is 4.74 Å². The van der Waals surface area contributed by atoms with Crippen LogP contribution in [0.4, 0.5) is 0 Å². The van der Waals surface area contributed by atoms with Crippen molar-refractivity contribution in [1.82, 2.24) is 4.98 Å². The highest BCUT2D eigenvalue weighted by Crippen LogP contribution is 2.44. The molecule has 0 radical (unpaired) electrons. The summed E-state index contributed by atoms with van der Waals surface area (Å²) in [5.41, 5.74) is 1.45. The van der Waals surface area contributed by atoms with Crippen LogP contribution in [0.1, 0.15) is 45.6 Å². The average Bonchev–Trinajstić information content (AvgIpc) is 2.55. The van der Waals surface area contributed by atoms with Crippen molar-refractivity contribution in [2.24, 2.45) is 5.41 Å². The van der Waals surface area contributed by atoms with Crippen LogP contribution in [-0.4, -0.2) is 11.1 Å². The van der Waals surface area contributed by atoms with Crippen molar-refractivity contribution in [3.63, 3.8) is 0 Å². The van der Waals surface area contributed by atoms with Gasteiger partial charge in [0.05, 0.1) is 0 Å². The smallest absolute Gasteiger partial charge is 0.217 e. The van der Waals surface area contributed by atoms with Gasteiger partial charge in [-0.3, -0.25) is 0 Å². The lowest BCUT2D eigenvalue weighted by molar-refractivity contribution is 0.0819. The Balaban J connectivity index is 2.37. The van der Waals surface area contributed by atoms with Crippen molar-refractivity contribution in [3.8, 4) is 5.88 Å². The molecule has 2 rings (SSSR count). The van der Waals surface area contributed by atoms with Gasteiger partial charge in [-0.05, 0) is 17.9 Å². The molecular weight excluding hydrogens is 186 g/mol. The number of nitrogens with zero attached hydrogens (tertiary/aromatic N) is 1. The molecule has 0 aromatic carbocycles. The van der Waals surface area contributed by atoms with Gasteiger partial charge < -0.3 is 4.74 Å². The summed E-state index contributed by atoms with van der Waals surface area (Å²) < 4.78 is 5.96. The molecule has 0 saturated carbocycles. The molecule has 1 aromatic heterocycles. The lowest BCUT2D eigenvalue weighted by Crippen LogP contribution is -2.33. The maximum absolute atomic E-state index is 5.96. The minimum Gasteiger partial charge on any atom is -0.473 e. The molecule has 1 aliphatic heterocycles. The summed E-state index contributed by atoms with van der Waals surface area (Å²) in [6.07, 6.45) is 3.17. The first-order valence-electron chi connectivity index (χ1n) is 5.65. The summed E-state index contributed by atoms with van der Waals surface area (Å²) in [5.74, 6) is 1.33. The molecule has 2 atom stereocenters. The number of hydrogen-bond donors (Lipinski definition) is 0. The first-order chi connectivity index (χ1) is 7.04. The third kappa shape index (κ3) is 1.73. The van der Waals surface area contributed by atoms with Crippen molar-refractivity contribution < 1.29 is 4.74 Å². The van der Waals surface area contributed by atoms with Crippen LogP contribution in [0.25, 0.3) is 0 Å². The Bertz CT molecular complexity index is 354. The molecule has 2 heteroatoms. The van der Waals surface area contributed by atoms with Gasteiger partial charge in [0, 0.05) is 17.7 Å². The van der Waals surface area contributed by atoms with E-state index in [1.807, 2.05) is 6.07 Å². The van der Waals surface area contributed by atoms with Crippen molar-refractivity contribution in [2.45, 2.75) is 46.1 Å². The topological polar surface area (TPSA) is 22.1 Å². The Hall–Kier alpha value is -1.05. The predicted molar refractivity (Wildman–Crippen MR) is 61.1 cm³/mol. The van der Waals surface area contributed by atoms with Crippen LogP contribution in [0.2, 0.25) is 0 Å². The minimum atomic E-state index is 0.168. The van der Waals surface area contributed by atoms with Crippen LogP contribution in [0, 0.1) is 5.41 Å². The fourth-order valence-corrected chi connectivity index (χ4v) is 2.36. The highest BCUT2D eigenvalue weighted by atomic mass is 16.5. The molecule has 1 aromatic rings. The van der Waals surface area contributed by atoms with E-state index in [0.29, 0.717) is 5.92 Å². The predicted octanol–water partition coefficient (Wildman–Crippen LogP) is 3.38. The summed E-state index contributed by atoms with van der Waals surface area (Å²) >= 11 is 0. The Morgan fingerprint density at radius 1 is 1.40 bits per heavy atom. The first kappa shape index (κ1) is 10.5. The van der Waals surface area contributed by atoms with Crippen LogP contribution in [0.15, 0.2) is 18.3 Å². The van der Waals surface area contributed by atoms with E-state index in [-0.39, 0.29) is 11.5 Å². The number of pyridine rings is 1. The molecule has 0 saturated heterocycles. The number of aromatic nitrogens is 1. The monoisotopic (exact) mass is 205 g/mol. The number of fused-ring (bicyclic) bond motifs is 1. The highest BCUT2D eigenvalue weighted by Gasteiger charge is 2.41. The summed E-state index contributed by atoms with van der Waals surface area (Å²) in [6, 6.07) is 4.14. The van der Waals surface area contributed by atoms with Crippen molar-refractivity contribution >= 4 is 0 Å². The van der Waals surface area contributed by atoms with Gasteiger partial charge in [-0.2, -0.15) is 0 Å².